The van der Waals surface area contributed by atoms with Crippen molar-refractivity contribution in [1.29, 1.82) is 0 Å². The molecule has 0 bridgehead atoms. The van der Waals surface area contributed by atoms with Crippen molar-refractivity contribution in [3.8, 4) is 0 Å². The van der Waals surface area contributed by atoms with E-state index in [9.17, 15) is 18.0 Å². The molecule has 0 saturated heterocycles. The first-order valence-corrected chi connectivity index (χ1v) is 12.6. The predicted molar refractivity (Wildman–Crippen MR) is 132 cm³/mol. The number of carbonyl (C=O) groups is 2. The minimum absolute atomic E-state index is 0.0472. The summed E-state index contributed by atoms with van der Waals surface area (Å²) in [4.78, 5) is 29.5. The topological polar surface area (TPSA) is 98.0 Å². The molecule has 0 unspecified atom stereocenters. The number of hydrogen-bond acceptors (Lipinski definition) is 6. The maximum atomic E-state index is 12.9. The summed E-state index contributed by atoms with van der Waals surface area (Å²) in [6, 6.07) is 11.3. The van der Waals surface area contributed by atoms with Gasteiger partial charge < -0.3 is 9.30 Å². The smallest absolute Gasteiger partial charge is 0.325 e. The molecule has 8 nitrogen and oxygen atoms in total. The molecule has 0 aliphatic carbocycles. The van der Waals surface area contributed by atoms with Crippen LogP contribution in [0.1, 0.15) is 15.9 Å². The fraction of sp³-hybridized carbons (Fsp3) is 0.208. The van der Waals surface area contributed by atoms with Crippen LogP contribution in [-0.4, -0.2) is 49.4 Å². The Hall–Kier alpha value is -3.34. The van der Waals surface area contributed by atoms with Gasteiger partial charge in [-0.2, -0.15) is 9.30 Å². The molecular weight excluding hydrogens is 474 g/mol. The molecule has 0 fully saturated rings. The number of para-hydroxylation sites is 1. The maximum Gasteiger partial charge on any atom is 0.325 e. The number of methoxy groups -OCH3 is 1. The number of thiazole rings is 1. The van der Waals surface area contributed by atoms with E-state index in [2.05, 4.69) is 18.2 Å². The van der Waals surface area contributed by atoms with Crippen LogP contribution >= 0.6 is 11.3 Å². The highest BCUT2D eigenvalue weighted by Crippen LogP contribution is 2.21. The van der Waals surface area contributed by atoms with Gasteiger partial charge in [0, 0.05) is 18.7 Å². The van der Waals surface area contributed by atoms with E-state index in [1.807, 2.05) is 25.1 Å². The molecule has 10 heteroatoms. The Morgan fingerprint density at radius 2 is 1.76 bits per heavy atom. The highest BCUT2D eigenvalue weighted by atomic mass is 32.2. The number of amides is 1. The van der Waals surface area contributed by atoms with Gasteiger partial charge in [0.1, 0.15) is 6.54 Å². The van der Waals surface area contributed by atoms with Gasteiger partial charge in [0.05, 0.1) is 22.2 Å². The van der Waals surface area contributed by atoms with Crippen LogP contribution in [0.25, 0.3) is 10.2 Å². The fourth-order valence-corrected chi connectivity index (χ4v) is 5.85. The Bertz CT molecular complexity index is 1410. The fourth-order valence-electron chi connectivity index (χ4n) is 3.36. The van der Waals surface area contributed by atoms with Gasteiger partial charge in [0.2, 0.25) is 10.0 Å². The molecule has 0 aliphatic rings. The van der Waals surface area contributed by atoms with E-state index >= 15 is 0 Å². The lowest BCUT2D eigenvalue weighted by atomic mass is 10.2. The number of esters is 1. The quantitative estimate of drug-likeness (QED) is 0.332. The van der Waals surface area contributed by atoms with Gasteiger partial charge in [0.15, 0.2) is 4.80 Å². The summed E-state index contributed by atoms with van der Waals surface area (Å²) in [5, 5.41) is 0. The summed E-state index contributed by atoms with van der Waals surface area (Å²) in [5.74, 6) is -1.02. The van der Waals surface area contributed by atoms with Gasteiger partial charge in [-0.3, -0.25) is 9.59 Å². The van der Waals surface area contributed by atoms with Gasteiger partial charge in [0.25, 0.3) is 5.91 Å². The zero-order valence-corrected chi connectivity index (χ0v) is 20.6. The summed E-state index contributed by atoms with van der Waals surface area (Å²) < 4.78 is 34.3. The molecular formula is C24H25N3O5S2. The lowest BCUT2D eigenvalue weighted by Gasteiger charge is -2.19. The van der Waals surface area contributed by atoms with Gasteiger partial charge in [-0.05, 0) is 42.8 Å². The normalized spacial score (nSPS) is 12.1. The lowest BCUT2D eigenvalue weighted by Crippen LogP contribution is -2.31. The van der Waals surface area contributed by atoms with Gasteiger partial charge in [-0.1, -0.05) is 35.6 Å². The van der Waals surface area contributed by atoms with Gasteiger partial charge in [-0.15, -0.1) is 13.2 Å². The maximum absolute atomic E-state index is 12.9. The van der Waals surface area contributed by atoms with Crippen molar-refractivity contribution in [2.75, 3.05) is 20.2 Å². The Morgan fingerprint density at radius 3 is 2.35 bits per heavy atom. The molecule has 3 aromatic rings. The van der Waals surface area contributed by atoms with Crippen molar-refractivity contribution in [2.45, 2.75) is 18.4 Å². The second-order valence-corrected chi connectivity index (χ2v) is 10.3. The van der Waals surface area contributed by atoms with E-state index in [0.29, 0.717) is 4.80 Å². The van der Waals surface area contributed by atoms with E-state index in [1.165, 1.54) is 59.2 Å². The van der Waals surface area contributed by atoms with E-state index in [-0.39, 0.29) is 30.1 Å². The molecule has 0 N–H and O–H groups in total. The molecule has 178 valence electrons. The minimum Gasteiger partial charge on any atom is -0.468 e. The van der Waals surface area contributed by atoms with Crippen LogP contribution in [0.5, 0.6) is 0 Å². The van der Waals surface area contributed by atoms with Crippen molar-refractivity contribution < 1.29 is 22.7 Å². The second kappa shape index (κ2) is 10.7. The van der Waals surface area contributed by atoms with Crippen LogP contribution in [0.4, 0.5) is 0 Å². The summed E-state index contributed by atoms with van der Waals surface area (Å²) in [6.45, 7) is 9.27. The summed E-state index contributed by atoms with van der Waals surface area (Å²) in [5.41, 5.74) is 1.96. The standard InChI is InChI=1S/C24H25N3O5S2/c1-5-14-26(15-6-2)34(30,31)19-12-10-18(11-13-19)23(29)25-24-27(16-21(28)32-4)22-17(3)8-7-9-20(22)33-24/h5-13H,1-2,14-16H2,3-4H3. The minimum atomic E-state index is -3.78. The zero-order chi connectivity index (χ0) is 24.9. The number of benzene rings is 2. The Kier molecular flexibility index (Phi) is 7.98. The molecule has 2 aromatic carbocycles. The first kappa shape index (κ1) is 25.3. The SMILES string of the molecule is C=CCN(CC=C)S(=O)(=O)c1ccc(C(=O)N=c2sc3cccc(C)c3n2CC(=O)OC)cc1. The van der Waals surface area contributed by atoms with Crippen LogP contribution in [0, 0.1) is 6.92 Å². The summed E-state index contributed by atoms with van der Waals surface area (Å²) >= 11 is 1.28. The van der Waals surface area contributed by atoms with E-state index in [0.717, 1.165) is 15.8 Å². The first-order valence-electron chi connectivity index (χ1n) is 10.3. The molecule has 3 rings (SSSR count). The lowest BCUT2D eigenvalue weighted by molar-refractivity contribution is -0.141. The van der Waals surface area contributed by atoms with Crippen LogP contribution < -0.4 is 4.80 Å². The summed E-state index contributed by atoms with van der Waals surface area (Å²) in [7, 11) is -2.48. The van der Waals surface area contributed by atoms with Crippen molar-refractivity contribution in [2.24, 2.45) is 4.99 Å². The number of nitrogens with zero attached hydrogens (tertiary/aromatic N) is 3. The average molecular weight is 500 g/mol. The number of rotatable bonds is 9. The van der Waals surface area contributed by atoms with E-state index in [1.54, 1.807) is 4.57 Å². The van der Waals surface area contributed by atoms with Crippen LogP contribution in [0.3, 0.4) is 0 Å². The molecule has 0 spiro atoms. The highest BCUT2D eigenvalue weighted by Gasteiger charge is 2.22. The molecule has 34 heavy (non-hydrogen) atoms. The summed E-state index contributed by atoms with van der Waals surface area (Å²) in [6.07, 6.45) is 2.99. The third-order valence-electron chi connectivity index (χ3n) is 5.02. The predicted octanol–water partition coefficient (Wildman–Crippen LogP) is 3.29. The molecule has 0 aliphatic heterocycles. The van der Waals surface area contributed by atoms with E-state index in [4.69, 9.17) is 4.74 Å². The Morgan fingerprint density at radius 1 is 1.12 bits per heavy atom. The largest absolute Gasteiger partial charge is 0.468 e. The van der Waals surface area contributed by atoms with Crippen molar-refractivity contribution in [3.63, 3.8) is 0 Å². The number of aryl methyl sites for hydroxylation is 1. The number of aromatic nitrogens is 1. The first-order chi connectivity index (χ1) is 16.2. The van der Waals surface area contributed by atoms with Gasteiger partial charge >= 0.3 is 5.97 Å². The second-order valence-electron chi connectivity index (χ2n) is 7.31. The number of fused-ring (bicyclic) bond motifs is 1. The molecule has 1 heterocycles. The molecule has 1 aromatic heterocycles. The average Bonchev–Trinajstić information content (AvgIpc) is 3.16. The van der Waals surface area contributed by atoms with Crippen molar-refractivity contribution >= 4 is 43.5 Å². The van der Waals surface area contributed by atoms with Crippen LogP contribution in [-0.2, 0) is 26.1 Å². The number of sulfonamides is 1. The Balaban J connectivity index is 2.00. The molecule has 0 atom stereocenters. The van der Waals surface area contributed by atoms with Crippen LogP contribution in [0.15, 0.2) is 77.7 Å². The van der Waals surface area contributed by atoms with Crippen LogP contribution in [0.2, 0.25) is 0 Å². The highest BCUT2D eigenvalue weighted by molar-refractivity contribution is 7.89. The number of ether oxygens (including phenoxy) is 1. The molecule has 1 amide bonds. The number of hydrogen-bond donors (Lipinski definition) is 0. The third-order valence-corrected chi connectivity index (χ3v) is 7.91. The number of carbonyl (C=O) groups excluding carboxylic acids is 2. The van der Waals surface area contributed by atoms with Crippen molar-refractivity contribution in [1.82, 2.24) is 8.87 Å². The zero-order valence-electron chi connectivity index (χ0n) is 18.9. The van der Waals surface area contributed by atoms with Gasteiger partial charge in [-0.25, -0.2) is 8.42 Å². The molecule has 0 radical (unpaired) electrons. The third kappa shape index (κ3) is 5.24. The van der Waals surface area contributed by atoms with Crippen molar-refractivity contribution in [3.05, 3.63) is 83.7 Å². The van der Waals surface area contributed by atoms with E-state index < -0.39 is 21.9 Å². The monoisotopic (exact) mass is 499 g/mol. The molecule has 0 saturated carbocycles. The Labute approximate surface area is 202 Å².